The van der Waals surface area contributed by atoms with Crippen LogP contribution in [0.25, 0.3) is 17.0 Å². The summed E-state index contributed by atoms with van der Waals surface area (Å²) in [5.41, 5.74) is 1.81. The van der Waals surface area contributed by atoms with Gasteiger partial charge in [-0.1, -0.05) is 37.3 Å². The van der Waals surface area contributed by atoms with Crippen molar-refractivity contribution in [2.24, 2.45) is 0 Å². The first kappa shape index (κ1) is 14.5. The van der Waals surface area contributed by atoms with Crippen molar-refractivity contribution < 1.29 is 0 Å². The van der Waals surface area contributed by atoms with Crippen molar-refractivity contribution in [2.75, 3.05) is 17.2 Å². The number of fused-ring (bicyclic) bond motifs is 1. The average Bonchev–Trinajstić information content (AvgIpc) is 3.01. The summed E-state index contributed by atoms with van der Waals surface area (Å²) in [7, 11) is 0. The molecule has 0 aliphatic carbocycles. The fraction of sp³-hybridized carbons (Fsp3) is 0.353. The molecule has 1 fully saturated rings. The third-order valence-electron chi connectivity index (χ3n) is 4.46. The monoisotopic (exact) mass is 325 g/mol. The molecule has 1 saturated heterocycles. The van der Waals surface area contributed by atoms with Crippen molar-refractivity contribution in [3.63, 3.8) is 0 Å². The zero-order valence-electron chi connectivity index (χ0n) is 13.3. The number of hydrogen-bond acceptors (Lipinski definition) is 5. The second kappa shape index (κ2) is 5.85. The smallest absolute Gasteiger partial charge is 0.185 e. The van der Waals surface area contributed by atoms with Crippen molar-refractivity contribution >= 4 is 23.2 Å². The molecule has 6 heteroatoms. The Morgan fingerprint density at radius 1 is 1.04 bits per heavy atom. The highest BCUT2D eigenvalue weighted by Crippen LogP contribution is 2.28. The second-order valence-corrected chi connectivity index (χ2v) is 7.35. The fourth-order valence-corrected chi connectivity index (χ4v) is 4.06. The molecule has 4 rings (SSSR count). The molecular weight excluding hydrogens is 306 g/mol. The third kappa shape index (κ3) is 2.57. The van der Waals surface area contributed by atoms with Crippen LogP contribution in [0.15, 0.2) is 42.5 Å². The largest absolute Gasteiger partial charge is 0.351 e. The summed E-state index contributed by atoms with van der Waals surface area (Å²) in [6.45, 7) is 5.58. The van der Waals surface area contributed by atoms with E-state index in [9.17, 15) is 0 Å². The molecule has 3 aromatic rings. The number of benzene rings is 1. The first-order valence-electron chi connectivity index (χ1n) is 7.90. The molecule has 3 heterocycles. The van der Waals surface area contributed by atoms with Gasteiger partial charge in [-0.05, 0) is 19.1 Å². The lowest BCUT2D eigenvalue weighted by Crippen LogP contribution is -2.45. The van der Waals surface area contributed by atoms with E-state index in [0.29, 0.717) is 11.3 Å². The van der Waals surface area contributed by atoms with Crippen molar-refractivity contribution in [3.05, 3.63) is 42.5 Å². The van der Waals surface area contributed by atoms with Gasteiger partial charge in [0.15, 0.2) is 11.5 Å². The molecule has 1 aliphatic rings. The van der Waals surface area contributed by atoms with Crippen LogP contribution in [0.1, 0.15) is 13.8 Å². The summed E-state index contributed by atoms with van der Waals surface area (Å²) in [6, 6.07) is 14.6. The van der Waals surface area contributed by atoms with Crippen molar-refractivity contribution in [1.82, 2.24) is 19.8 Å². The second-order valence-electron chi connectivity index (χ2n) is 5.86. The van der Waals surface area contributed by atoms with E-state index in [0.717, 1.165) is 35.2 Å². The molecule has 0 radical (unpaired) electrons. The average molecular weight is 325 g/mol. The van der Waals surface area contributed by atoms with Gasteiger partial charge in [-0.3, -0.25) is 0 Å². The van der Waals surface area contributed by atoms with Crippen LogP contribution in [0.2, 0.25) is 0 Å². The van der Waals surface area contributed by atoms with Crippen LogP contribution in [0, 0.1) is 0 Å². The lowest BCUT2D eigenvalue weighted by Gasteiger charge is -2.38. The van der Waals surface area contributed by atoms with Crippen LogP contribution in [-0.2, 0) is 0 Å². The minimum Gasteiger partial charge on any atom is -0.351 e. The highest BCUT2D eigenvalue weighted by molar-refractivity contribution is 8.00. The summed E-state index contributed by atoms with van der Waals surface area (Å²) in [6.07, 6.45) is 0. The number of thioether (sulfide) groups is 1. The van der Waals surface area contributed by atoms with Gasteiger partial charge in [-0.2, -0.15) is 16.3 Å². The van der Waals surface area contributed by atoms with Crippen molar-refractivity contribution in [2.45, 2.75) is 25.1 Å². The lowest BCUT2D eigenvalue weighted by atomic mass is 10.2. The van der Waals surface area contributed by atoms with Gasteiger partial charge in [-0.15, -0.1) is 15.3 Å². The van der Waals surface area contributed by atoms with Crippen molar-refractivity contribution in [1.29, 1.82) is 0 Å². The standard InChI is InChI=1S/C17H19N5S/c1-12-13(2)23-11-10-21(12)16-9-8-15-18-19-17(22(15)20-16)14-6-4-3-5-7-14/h3-9,12-13H,10-11H2,1-2H3. The van der Waals surface area contributed by atoms with Gasteiger partial charge in [0.1, 0.15) is 5.82 Å². The first-order valence-corrected chi connectivity index (χ1v) is 8.95. The Labute approximate surface area is 139 Å². The molecule has 0 amide bonds. The zero-order chi connectivity index (χ0) is 15.8. The predicted octanol–water partition coefficient (Wildman–Crippen LogP) is 3.12. The Hall–Kier alpha value is -2.08. The van der Waals surface area contributed by atoms with Crippen LogP contribution in [0.5, 0.6) is 0 Å². The van der Waals surface area contributed by atoms with Gasteiger partial charge in [0.05, 0.1) is 0 Å². The van der Waals surface area contributed by atoms with Gasteiger partial charge in [-0.25, -0.2) is 0 Å². The lowest BCUT2D eigenvalue weighted by molar-refractivity contribution is 0.614. The summed E-state index contributed by atoms with van der Waals surface area (Å²) < 4.78 is 1.85. The van der Waals surface area contributed by atoms with Crippen LogP contribution >= 0.6 is 11.8 Å². The van der Waals surface area contributed by atoms with Gasteiger partial charge in [0.2, 0.25) is 0 Å². The summed E-state index contributed by atoms with van der Waals surface area (Å²) in [4.78, 5) is 2.38. The Balaban J connectivity index is 1.78. The highest BCUT2D eigenvalue weighted by Gasteiger charge is 2.26. The number of aromatic nitrogens is 4. The van der Waals surface area contributed by atoms with E-state index in [1.807, 2.05) is 52.7 Å². The van der Waals surface area contributed by atoms with Gasteiger partial charge < -0.3 is 4.90 Å². The minimum absolute atomic E-state index is 0.468. The first-order chi connectivity index (χ1) is 11.2. The predicted molar refractivity (Wildman–Crippen MR) is 94.9 cm³/mol. The molecule has 23 heavy (non-hydrogen) atoms. The Morgan fingerprint density at radius 3 is 2.70 bits per heavy atom. The summed E-state index contributed by atoms with van der Waals surface area (Å²) >= 11 is 2.03. The molecular formula is C17H19N5S. The number of nitrogens with zero attached hydrogens (tertiary/aromatic N) is 5. The van der Waals surface area contributed by atoms with E-state index in [2.05, 4.69) is 35.0 Å². The quantitative estimate of drug-likeness (QED) is 0.724. The molecule has 2 unspecified atom stereocenters. The molecule has 0 spiro atoms. The van der Waals surface area contributed by atoms with E-state index in [4.69, 9.17) is 5.10 Å². The summed E-state index contributed by atoms with van der Waals surface area (Å²) in [5, 5.41) is 14.0. The fourth-order valence-electron chi connectivity index (χ4n) is 2.96. The minimum atomic E-state index is 0.468. The topological polar surface area (TPSA) is 46.3 Å². The van der Waals surface area contributed by atoms with Crippen LogP contribution < -0.4 is 4.90 Å². The van der Waals surface area contributed by atoms with Crippen LogP contribution in [-0.4, -0.2) is 43.4 Å². The Bertz CT molecular complexity index is 816. The van der Waals surface area contributed by atoms with Gasteiger partial charge in [0.25, 0.3) is 0 Å². The third-order valence-corrected chi connectivity index (χ3v) is 5.80. The van der Waals surface area contributed by atoms with E-state index in [1.165, 1.54) is 0 Å². The Morgan fingerprint density at radius 2 is 1.87 bits per heavy atom. The molecule has 0 bridgehead atoms. The maximum absolute atomic E-state index is 4.83. The van der Waals surface area contributed by atoms with E-state index < -0.39 is 0 Å². The molecule has 2 atom stereocenters. The SMILES string of the molecule is CC1SCCN(c2ccc3nnc(-c4ccccc4)n3n2)C1C. The maximum atomic E-state index is 4.83. The zero-order valence-corrected chi connectivity index (χ0v) is 14.1. The van der Waals surface area contributed by atoms with Crippen LogP contribution in [0.4, 0.5) is 5.82 Å². The van der Waals surface area contributed by atoms with E-state index >= 15 is 0 Å². The molecule has 2 aromatic heterocycles. The Kier molecular flexibility index (Phi) is 3.69. The molecule has 1 aliphatic heterocycles. The van der Waals surface area contributed by atoms with Crippen molar-refractivity contribution in [3.8, 4) is 11.4 Å². The van der Waals surface area contributed by atoms with E-state index in [1.54, 1.807) is 0 Å². The van der Waals surface area contributed by atoms with Gasteiger partial charge in [0, 0.05) is 29.2 Å². The van der Waals surface area contributed by atoms with Crippen LogP contribution in [0.3, 0.4) is 0 Å². The number of hydrogen-bond donors (Lipinski definition) is 0. The molecule has 0 N–H and O–H groups in total. The van der Waals surface area contributed by atoms with Gasteiger partial charge >= 0.3 is 0 Å². The summed E-state index contributed by atoms with van der Waals surface area (Å²) in [5.74, 6) is 2.92. The number of anilines is 1. The number of rotatable bonds is 2. The molecule has 0 saturated carbocycles. The van der Waals surface area contributed by atoms with E-state index in [-0.39, 0.29) is 0 Å². The maximum Gasteiger partial charge on any atom is 0.185 e. The molecule has 1 aromatic carbocycles. The normalized spacial score (nSPS) is 21.7. The molecule has 5 nitrogen and oxygen atoms in total. The highest BCUT2D eigenvalue weighted by atomic mass is 32.2. The molecule has 118 valence electrons.